The molecule has 6 rings (SSSR count). The Balaban J connectivity index is 1.60. The molecule has 11 atom stereocenters. The summed E-state index contributed by atoms with van der Waals surface area (Å²) >= 11 is 0. The number of aliphatic hydroxyl groups excluding tert-OH is 2. The zero-order chi connectivity index (χ0) is 18.4. The van der Waals surface area contributed by atoms with Gasteiger partial charge in [-0.1, -0.05) is 6.92 Å². The molecule has 0 radical (unpaired) electrons. The molecular weight excluding hydrogens is 344 g/mol. The fourth-order valence-electron chi connectivity index (χ4n) is 6.57. The first-order valence-electron chi connectivity index (χ1n) is 9.02. The summed E-state index contributed by atoms with van der Waals surface area (Å²) in [6, 6.07) is 0. The molecule has 0 aromatic carbocycles. The van der Waals surface area contributed by atoms with E-state index in [1.165, 1.54) is 6.08 Å². The highest BCUT2D eigenvalue weighted by Crippen LogP contribution is 2.75. The van der Waals surface area contributed by atoms with Gasteiger partial charge < -0.3 is 29.2 Å². The molecule has 4 heterocycles. The van der Waals surface area contributed by atoms with Crippen LogP contribution in [0, 0.1) is 16.7 Å². The Bertz CT molecular complexity index is 805. The van der Waals surface area contributed by atoms with Crippen molar-refractivity contribution in [3.05, 3.63) is 11.6 Å². The van der Waals surface area contributed by atoms with Crippen LogP contribution < -0.4 is 0 Å². The largest absolute Gasteiger partial charge is 0.459 e. The molecule has 1 spiro atoms. The van der Waals surface area contributed by atoms with Gasteiger partial charge in [0.1, 0.15) is 23.7 Å². The Labute approximate surface area is 149 Å². The van der Waals surface area contributed by atoms with Crippen LogP contribution in [0.2, 0.25) is 0 Å². The van der Waals surface area contributed by atoms with E-state index in [0.717, 1.165) is 0 Å². The Kier molecular flexibility index (Phi) is 2.40. The Morgan fingerprint density at radius 3 is 2.54 bits per heavy atom. The highest BCUT2D eigenvalue weighted by atomic mass is 16.7. The number of hydrogen-bond donors (Lipinski definition) is 2. The van der Waals surface area contributed by atoms with Gasteiger partial charge in [-0.25, -0.2) is 4.79 Å². The van der Waals surface area contributed by atoms with Crippen molar-refractivity contribution in [3.8, 4) is 0 Å². The molecule has 0 amide bonds. The highest BCUT2D eigenvalue weighted by Gasteiger charge is 2.89. The van der Waals surface area contributed by atoms with Crippen LogP contribution in [0.1, 0.15) is 20.8 Å². The van der Waals surface area contributed by atoms with Crippen LogP contribution >= 0.6 is 0 Å². The molecule has 4 aliphatic heterocycles. The molecule has 5 fully saturated rings. The second-order valence-corrected chi connectivity index (χ2v) is 8.87. The lowest BCUT2D eigenvalue weighted by molar-refractivity contribution is -0.158. The van der Waals surface area contributed by atoms with Crippen LogP contribution in [0.5, 0.6) is 0 Å². The van der Waals surface area contributed by atoms with E-state index < -0.39 is 65.0 Å². The van der Waals surface area contributed by atoms with E-state index in [0.29, 0.717) is 5.57 Å². The van der Waals surface area contributed by atoms with Crippen LogP contribution in [0.4, 0.5) is 0 Å². The van der Waals surface area contributed by atoms with E-state index >= 15 is 0 Å². The Hall–Kier alpha value is -1.48. The van der Waals surface area contributed by atoms with Crippen molar-refractivity contribution in [2.45, 2.75) is 69.1 Å². The van der Waals surface area contributed by atoms with Gasteiger partial charge in [-0.2, -0.15) is 0 Å². The molecule has 8 heteroatoms. The maximum absolute atomic E-state index is 12.8. The van der Waals surface area contributed by atoms with Gasteiger partial charge in [-0.15, -0.1) is 0 Å². The van der Waals surface area contributed by atoms with E-state index in [2.05, 4.69) is 0 Å². The van der Waals surface area contributed by atoms with Gasteiger partial charge in [0, 0.05) is 17.4 Å². The van der Waals surface area contributed by atoms with Crippen LogP contribution in [0.25, 0.3) is 0 Å². The summed E-state index contributed by atoms with van der Waals surface area (Å²) in [5.41, 5.74) is -2.16. The van der Waals surface area contributed by atoms with E-state index in [1.54, 1.807) is 13.8 Å². The number of cyclic esters (lactones) is 1. The standard InChI is InChI=1S/C18H20O8/c1-5(19)12-18-6(4-7(20)23-12)16(2)10-8(14(18)26-18)25-15(22)17(10,3)11(21)9-13(16)24-9/h4-5,8-14,19,21H,1-3H3. The lowest BCUT2D eigenvalue weighted by Crippen LogP contribution is -2.66. The summed E-state index contributed by atoms with van der Waals surface area (Å²) in [6.07, 6.45) is -3.24. The number of ether oxygens (including phenoxy) is 4. The SMILES string of the molecule is CC(O)C1OC(=O)C=C2C3(C)C4OC4C(O)C4(C)C(=O)OC(C43)C3OC213. The van der Waals surface area contributed by atoms with E-state index in [4.69, 9.17) is 18.9 Å². The van der Waals surface area contributed by atoms with Gasteiger partial charge in [0.15, 0.2) is 11.7 Å². The summed E-state index contributed by atoms with van der Waals surface area (Å²) in [5, 5.41) is 21.0. The second-order valence-electron chi connectivity index (χ2n) is 8.87. The number of carbonyl (C=O) groups is 2. The lowest BCUT2D eigenvalue weighted by atomic mass is 9.46. The minimum absolute atomic E-state index is 0.332. The van der Waals surface area contributed by atoms with Gasteiger partial charge in [-0.3, -0.25) is 4.79 Å². The van der Waals surface area contributed by atoms with Gasteiger partial charge in [0.25, 0.3) is 0 Å². The van der Waals surface area contributed by atoms with E-state index in [-0.39, 0.29) is 12.0 Å². The number of esters is 2. The first kappa shape index (κ1) is 15.6. The maximum Gasteiger partial charge on any atom is 0.331 e. The molecule has 8 nitrogen and oxygen atoms in total. The summed E-state index contributed by atoms with van der Waals surface area (Å²) in [4.78, 5) is 25.0. The molecule has 6 aliphatic rings. The Morgan fingerprint density at radius 2 is 1.85 bits per heavy atom. The fraction of sp³-hybridized carbons (Fsp3) is 0.778. The average Bonchev–Trinajstić information content (AvgIpc) is 3.46. The number of epoxide rings is 2. The van der Waals surface area contributed by atoms with Gasteiger partial charge >= 0.3 is 11.9 Å². The van der Waals surface area contributed by atoms with Crippen molar-refractivity contribution in [1.29, 1.82) is 0 Å². The summed E-state index contributed by atoms with van der Waals surface area (Å²) < 4.78 is 23.0. The predicted molar refractivity (Wildman–Crippen MR) is 81.5 cm³/mol. The third-order valence-corrected chi connectivity index (χ3v) is 7.70. The molecule has 0 aromatic heterocycles. The number of aliphatic hydroxyl groups is 2. The fourth-order valence-corrected chi connectivity index (χ4v) is 6.57. The van der Waals surface area contributed by atoms with Crippen molar-refractivity contribution in [2.24, 2.45) is 16.7 Å². The summed E-state index contributed by atoms with van der Waals surface area (Å²) in [5.74, 6) is -1.39. The molecule has 3 saturated heterocycles. The molecule has 2 saturated carbocycles. The average molecular weight is 364 g/mol. The van der Waals surface area contributed by atoms with Gasteiger partial charge in [0.05, 0.1) is 18.3 Å². The number of fused-ring (bicyclic) bond motifs is 4. The summed E-state index contributed by atoms with van der Waals surface area (Å²) in [6.45, 7) is 5.21. The molecule has 140 valence electrons. The smallest absolute Gasteiger partial charge is 0.331 e. The van der Waals surface area contributed by atoms with Crippen LogP contribution in [-0.2, 0) is 28.5 Å². The molecule has 11 unspecified atom stereocenters. The third-order valence-electron chi connectivity index (χ3n) is 7.70. The number of carbonyl (C=O) groups excluding carboxylic acids is 2. The van der Waals surface area contributed by atoms with Crippen molar-refractivity contribution in [2.75, 3.05) is 0 Å². The normalized spacial score (nSPS) is 61.9. The molecule has 0 bridgehead atoms. The van der Waals surface area contributed by atoms with Crippen molar-refractivity contribution < 1.29 is 38.7 Å². The molecule has 0 aromatic rings. The van der Waals surface area contributed by atoms with E-state index in [1.807, 2.05) is 6.92 Å². The van der Waals surface area contributed by atoms with Gasteiger partial charge in [-0.05, 0) is 19.4 Å². The van der Waals surface area contributed by atoms with E-state index in [9.17, 15) is 19.8 Å². The lowest BCUT2D eigenvalue weighted by Gasteiger charge is -2.53. The third kappa shape index (κ3) is 1.30. The molecule has 2 N–H and O–H groups in total. The van der Waals surface area contributed by atoms with Crippen molar-refractivity contribution >= 4 is 11.9 Å². The van der Waals surface area contributed by atoms with Crippen LogP contribution in [-0.4, -0.2) is 70.5 Å². The molecule has 26 heavy (non-hydrogen) atoms. The van der Waals surface area contributed by atoms with Crippen molar-refractivity contribution in [3.63, 3.8) is 0 Å². The first-order chi connectivity index (χ1) is 12.2. The molecular formula is C18H20O8. The minimum atomic E-state index is -1.13. The van der Waals surface area contributed by atoms with Crippen LogP contribution in [0.15, 0.2) is 11.6 Å². The number of hydrogen-bond acceptors (Lipinski definition) is 8. The monoisotopic (exact) mass is 364 g/mol. The first-order valence-corrected chi connectivity index (χ1v) is 9.02. The highest BCUT2D eigenvalue weighted by molar-refractivity contribution is 5.88. The quantitative estimate of drug-likeness (QED) is 0.452. The zero-order valence-electron chi connectivity index (χ0n) is 14.5. The zero-order valence-corrected chi connectivity index (χ0v) is 14.5. The second kappa shape index (κ2) is 4.01. The minimum Gasteiger partial charge on any atom is -0.459 e. The predicted octanol–water partition coefficient (Wildman–Crippen LogP) is -0.934. The summed E-state index contributed by atoms with van der Waals surface area (Å²) in [7, 11) is 0. The topological polar surface area (TPSA) is 118 Å². The molecule has 2 aliphatic carbocycles. The van der Waals surface area contributed by atoms with Crippen molar-refractivity contribution in [1.82, 2.24) is 0 Å². The van der Waals surface area contributed by atoms with Gasteiger partial charge in [0.2, 0.25) is 0 Å². The van der Waals surface area contributed by atoms with Crippen LogP contribution in [0.3, 0.4) is 0 Å². The number of rotatable bonds is 1. The maximum atomic E-state index is 12.8. The Morgan fingerprint density at radius 1 is 1.12 bits per heavy atom.